The van der Waals surface area contributed by atoms with Crippen LogP contribution < -0.4 is 25.0 Å². The van der Waals surface area contributed by atoms with Crippen LogP contribution in [-0.4, -0.2) is 71.4 Å². The fourth-order valence-electron chi connectivity index (χ4n) is 6.20. The smallest absolute Gasteiger partial charge is 0.411 e. The van der Waals surface area contributed by atoms with Gasteiger partial charge in [0.1, 0.15) is 6.04 Å². The molecule has 0 radical (unpaired) electrons. The highest BCUT2D eigenvalue weighted by atomic mass is 32.2. The first-order chi connectivity index (χ1) is 22.4. The maximum absolute atomic E-state index is 14.9. The molecule has 12 nitrogen and oxygen atoms in total. The second kappa shape index (κ2) is 13.5. The monoisotopic (exact) mass is 664 g/mol. The summed E-state index contributed by atoms with van der Waals surface area (Å²) in [6, 6.07) is 13.9. The highest BCUT2D eigenvalue weighted by Crippen LogP contribution is 2.42. The predicted molar refractivity (Wildman–Crippen MR) is 177 cm³/mol. The zero-order valence-corrected chi connectivity index (χ0v) is 28.1. The average molecular weight is 665 g/mol. The van der Waals surface area contributed by atoms with Crippen LogP contribution in [-0.2, 0) is 25.9 Å². The number of carbonyl (C=O) groups is 3. The maximum atomic E-state index is 14.9. The zero-order valence-electron chi connectivity index (χ0n) is 27.3. The number of likely N-dealkylation sites (N-methyl/N-ethyl adjacent to an activating group) is 1. The first kappa shape index (κ1) is 33.6. The summed E-state index contributed by atoms with van der Waals surface area (Å²) in [6.45, 7) is 4.03. The number of nitrogens with zero attached hydrogens (tertiary/aromatic N) is 2. The molecule has 2 atom stereocenters. The number of benzene rings is 3. The lowest BCUT2D eigenvalue weighted by atomic mass is 9.99. The number of rotatable bonds is 10. The van der Waals surface area contributed by atoms with E-state index in [1.54, 1.807) is 56.1 Å². The summed E-state index contributed by atoms with van der Waals surface area (Å²) in [4.78, 5) is 43.1. The molecule has 3 aromatic carbocycles. The number of anilines is 2. The quantitative estimate of drug-likeness (QED) is 0.311. The zero-order chi connectivity index (χ0) is 34.0. The van der Waals surface area contributed by atoms with Crippen molar-refractivity contribution >= 4 is 39.1 Å². The third kappa shape index (κ3) is 6.44. The number of fused-ring (bicyclic) bond motifs is 1. The Hall–Kier alpha value is -4.78. The second-order valence-electron chi connectivity index (χ2n) is 11.8. The standard InChI is InChI=1S/C34H40N4O8S/c1-20(2)47(42,43)30-14-11-23(36-34(41)46-6)17-26(30)27-8-7-15-38(27)33(40)31(21-10-13-28(44-4)29(16-21)45-5)37(3)24-12-9-22-19-35-32(39)25(22)18-24/h9-14,16-18,20,27,31H,7-8,15,19H2,1-6H3,(H,35,39)(H,36,41)/t27?,31-/m1/s1. The van der Waals surface area contributed by atoms with Crippen LogP contribution in [0.15, 0.2) is 59.5 Å². The number of methoxy groups -OCH3 is 3. The summed E-state index contributed by atoms with van der Waals surface area (Å²) in [5.74, 6) is 0.487. The van der Waals surface area contributed by atoms with Gasteiger partial charge in [0.25, 0.3) is 5.91 Å². The second-order valence-corrected chi connectivity index (χ2v) is 14.3. The minimum absolute atomic E-state index is 0.105. The molecule has 2 aliphatic rings. The Kier molecular flexibility index (Phi) is 9.66. The summed E-state index contributed by atoms with van der Waals surface area (Å²) in [7, 11) is 2.31. The van der Waals surface area contributed by atoms with Crippen molar-refractivity contribution in [1.82, 2.24) is 10.2 Å². The lowest BCUT2D eigenvalue weighted by Crippen LogP contribution is -2.42. The number of amides is 3. The van der Waals surface area contributed by atoms with E-state index < -0.39 is 33.3 Å². The van der Waals surface area contributed by atoms with Crippen LogP contribution in [0.2, 0.25) is 0 Å². The average Bonchev–Trinajstić information content (AvgIpc) is 3.71. The molecule has 0 spiro atoms. The Bertz CT molecular complexity index is 1810. The van der Waals surface area contributed by atoms with Crippen molar-refractivity contribution in [3.05, 3.63) is 76.9 Å². The van der Waals surface area contributed by atoms with Crippen molar-refractivity contribution in [1.29, 1.82) is 0 Å². The Morgan fingerprint density at radius 3 is 2.43 bits per heavy atom. The van der Waals surface area contributed by atoms with Crippen molar-refractivity contribution in [2.75, 3.05) is 45.1 Å². The van der Waals surface area contributed by atoms with Crippen LogP contribution in [0.4, 0.5) is 16.2 Å². The van der Waals surface area contributed by atoms with E-state index in [-0.39, 0.29) is 16.7 Å². The van der Waals surface area contributed by atoms with E-state index in [9.17, 15) is 22.8 Å². The number of nitrogens with one attached hydrogen (secondary N) is 2. The van der Waals surface area contributed by atoms with E-state index >= 15 is 0 Å². The highest BCUT2D eigenvalue weighted by molar-refractivity contribution is 7.92. The van der Waals surface area contributed by atoms with E-state index in [0.717, 1.165) is 5.56 Å². The van der Waals surface area contributed by atoms with Gasteiger partial charge in [-0.15, -0.1) is 0 Å². The third-order valence-electron chi connectivity index (χ3n) is 8.79. The fraction of sp³-hybridized carbons (Fsp3) is 0.382. The molecule has 47 heavy (non-hydrogen) atoms. The molecule has 2 N–H and O–H groups in total. The lowest BCUT2D eigenvalue weighted by Gasteiger charge is -2.36. The van der Waals surface area contributed by atoms with Gasteiger partial charge in [-0.2, -0.15) is 0 Å². The third-order valence-corrected chi connectivity index (χ3v) is 11.0. The largest absolute Gasteiger partial charge is 0.493 e. The molecule has 3 aromatic rings. The van der Waals surface area contributed by atoms with Crippen LogP contribution in [0.3, 0.4) is 0 Å². The number of hydrogen-bond donors (Lipinski definition) is 2. The van der Waals surface area contributed by atoms with Crippen LogP contribution in [0.1, 0.15) is 65.8 Å². The van der Waals surface area contributed by atoms with E-state index in [2.05, 4.69) is 10.6 Å². The molecule has 0 aliphatic carbocycles. The summed E-state index contributed by atoms with van der Waals surface area (Å²) >= 11 is 0. The summed E-state index contributed by atoms with van der Waals surface area (Å²) < 4.78 is 43.0. The number of likely N-dealkylation sites (tertiary alicyclic amines) is 1. The molecule has 1 fully saturated rings. The van der Waals surface area contributed by atoms with Gasteiger partial charge in [-0.05, 0) is 85.8 Å². The molecule has 250 valence electrons. The van der Waals surface area contributed by atoms with Crippen molar-refractivity contribution in [2.45, 2.75) is 55.5 Å². The Morgan fingerprint density at radius 2 is 1.74 bits per heavy atom. The first-order valence-corrected chi connectivity index (χ1v) is 16.8. The van der Waals surface area contributed by atoms with Crippen LogP contribution in [0, 0.1) is 0 Å². The Morgan fingerprint density at radius 1 is 1.00 bits per heavy atom. The van der Waals surface area contributed by atoms with Crippen LogP contribution >= 0.6 is 0 Å². The molecule has 1 saturated heterocycles. The molecule has 1 unspecified atom stereocenters. The molecular formula is C34H40N4O8S. The van der Waals surface area contributed by atoms with Gasteiger partial charge in [0, 0.05) is 37.1 Å². The van der Waals surface area contributed by atoms with E-state index in [1.165, 1.54) is 33.5 Å². The molecule has 0 saturated carbocycles. The molecule has 2 aliphatic heterocycles. The van der Waals surface area contributed by atoms with E-state index in [4.69, 9.17) is 14.2 Å². The predicted octanol–water partition coefficient (Wildman–Crippen LogP) is 4.85. The number of sulfone groups is 1. The van der Waals surface area contributed by atoms with Crippen molar-refractivity contribution < 1.29 is 37.0 Å². The molecular weight excluding hydrogens is 624 g/mol. The minimum atomic E-state index is -3.77. The molecule has 13 heteroatoms. The Balaban J connectivity index is 1.62. The van der Waals surface area contributed by atoms with Gasteiger partial charge >= 0.3 is 6.09 Å². The van der Waals surface area contributed by atoms with E-state index in [0.29, 0.717) is 65.5 Å². The summed E-state index contributed by atoms with van der Waals surface area (Å²) in [6.07, 6.45) is 0.441. The highest BCUT2D eigenvalue weighted by Gasteiger charge is 2.40. The van der Waals surface area contributed by atoms with Gasteiger partial charge < -0.3 is 29.3 Å². The van der Waals surface area contributed by atoms with Crippen LogP contribution in [0.5, 0.6) is 11.5 Å². The molecule has 0 bridgehead atoms. The molecule has 5 rings (SSSR count). The van der Waals surface area contributed by atoms with Gasteiger partial charge in [0.05, 0.1) is 37.5 Å². The van der Waals surface area contributed by atoms with Crippen molar-refractivity contribution in [3.63, 3.8) is 0 Å². The minimum Gasteiger partial charge on any atom is -0.493 e. The fourth-order valence-corrected chi connectivity index (χ4v) is 7.49. The number of hydrogen-bond acceptors (Lipinski definition) is 9. The van der Waals surface area contributed by atoms with Crippen molar-refractivity contribution in [3.8, 4) is 11.5 Å². The summed E-state index contributed by atoms with van der Waals surface area (Å²) in [5, 5.41) is 4.73. The summed E-state index contributed by atoms with van der Waals surface area (Å²) in [5.41, 5.74) is 3.45. The van der Waals surface area contributed by atoms with Gasteiger partial charge in [0.2, 0.25) is 5.91 Å². The van der Waals surface area contributed by atoms with Gasteiger partial charge in [-0.1, -0.05) is 12.1 Å². The molecule has 3 amide bonds. The van der Waals surface area contributed by atoms with Crippen molar-refractivity contribution in [2.24, 2.45) is 0 Å². The van der Waals surface area contributed by atoms with Gasteiger partial charge in [0.15, 0.2) is 21.3 Å². The maximum Gasteiger partial charge on any atom is 0.411 e. The SMILES string of the molecule is COC(=O)Nc1ccc(S(=O)(=O)C(C)C)c(C2CCCN2C(=O)[C@@H](c2ccc(OC)c(OC)c2)N(C)c2ccc3c(c2)C(=O)NC3)c1. The van der Waals surface area contributed by atoms with Gasteiger partial charge in [-0.25, -0.2) is 13.2 Å². The first-order valence-electron chi connectivity index (χ1n) is 15.3. The lowest BCUT2D eigenvalue weighted by molar-refractivity contribution is -0.133. The number of carbonyl (C=O) groups excluding carboxylic acids is 3. The normalized spacial score (nSPS) is 16.4. The van der Waals surface area contributed by atoms with E-state index in [1.807, 2.05) is 17.0 Å². The topological polar surface area (TPSA) is 144 Å². The molecule has 0 aromatic heterocycles. The molecule has 2 heterocycles. The van der Waals surface area contributed by atoms with Gasteiger partial charge in [-0.3, -0.25) is 14.9 Å². The van der Waals surface area contributed by atoms with Crippen LogP contribution in [0.25, 0.3) is 0 Å². The Labute approximate surface area is 274 Å². The number of ether oxygens (including phenoxy) is 3.